The molecule has 5 aromatic rings. The summed E-state index contributed by atoms with van der Waals surface area (Å²) in [4.78, 5) is 93.7. The Bertz CT molecular complexity index is 4150. The molecule has 4 heterocycles. The smallest absolute Gasteiger partial charge is 0.425 e. The number of fused-ring (bicyclic) bond motifs is 1. The first kappa shape index (κ1) is 93.3. The monoisotopic (exact) mass is 1590 g/mol. The van der Waals surface area contributed by atoms with Crippen molar-refractivity contribution < 1.29 is 141 Å². The van der Waals surface area contributed by atoms with Gasteiger partial charge in [0.2, 0.25) is 41.1 Å². The summed E-state index contributed by atoms with van der Waals surface area (Å²) < 4.78 is 254. The topological polar surface area (TPSA) is 200 Å². The first-order chi connectivity index (χ1) is 50.2. The van der Waals surface area contributed by atoms with Crippen LogP contribution in [0.5, 0.6) is 5.75 Å². The van der Waals surface area contributed by atoms with Crippen LogP contribution in [0, 0.1) is 120 Å². The van der Waals surface area contributed by atoms with Crippen molar-refractivity contribution in [3.63, 3.8) is 0 Å². The molecule has 4 aliphatic rings. The summed E-state index contributed by atoms with van der Waals surface area (Å²) in [5.41, 5.74) is -4.22. The summed E-state index contributed by atoms with van der Waals surface area (Å²) in [5.74, 6) is -29.0. The molecule has 0 spiro atoms. The van der Waals surface area contributed by atoms with Crippen molar-refractivity contribution >= 4 is 53.2 Å². The first-order valence-electron chi connectivity index (χ1n) is 34.2. The van der Waals surface area contributed by atoms with Gasteiger partial charge in [0.25, 0.3) is 0 Å². The average Bonchev–Trinajstić information content (AvgIpc) is 1.58. The van der Waals surface area contributed by atoms with Crippen molar-refractivity contribution in [2.24, 2.45) is 46.8 Å². The molecule has 0 bridgehead atoms. The number of likely N-dealkylation sites (tertiary alicyclic amines) is 1. The normalized spacial score (nSPS) is 22.9. The van der Waals surface area contributed by atoms with Crippen LogP contribution in [0.1, 0.15) is 178 Å². The molecule has 15 nitrogen and oxygen atoms in total. The van der Waals surface area contributed by atoms with Gasteiger partial charge in [-0.2, -0.15) is 43.9 Å². The number of rotatable bonds is 12. The van der Waals surface area contributed by atoms with Gasteiger partial charge in [0.15, 0.2) is 52.4 Å². The van der Waals surface area contributed by atoms with Crippen LogP contribution in [0.3, 0.4) is 0 Å². The van der Waals surface area contributed by atoms with E-state index in [1.54, 1.807) is 39.8 Å². The quantitative estimate of drug-likeness (QED) is 0.0235. The lowest BCUT2D eigenvalue weighted by molar-refractivity contribution is -0.268. The molecular weight excluding hydrogens is 1500 g/mol. The molecule has 0 radical (unpaired) electrons. The fourth-order valence-electron chi connectivity index (χ4n) is 12.0. The van der Waals surface area contributed by atoms with Gasteiger partial charge in [0.05, 0.1) is 35.8 Å². The van der Waals surface area contributed by atoms with Crippen LogP contribution >= 0.6 is 0 Å². The van der Waals surface area contributed by atoms with Gasteiger partial charge in [0, 0.05) is 55.0 Å². The number of aryl methyl sites for hydroxylation is 3. The van der Waals surface area contributed by atoms with Gasteiger partial charge in [-0.3, -0.25) is 43.3 Å². The van der Waals surface area contributed by atoms with E-state index in [9.17, 15) is 122 Å². The van der Waals surface area contributed by atoms with E-state index >= 15 is 0 Å². The van der Waals surface area contributed by atoms with Gasteiger partial charge in [0.1, 0.15) is 11.3 Å². The molecule has 0 aromatic heterocycles. The van der Waals surface area contributed by atoms with Crippen molar-refractivity contribution in [1.82, 2.24) is 4.90 Å². The Hall–Kier alpha value is -9.04. The summed E-state index contributed by atoms with van der Waals surface area (Å²) in [6, 6.07) is 18.7. The second-order valence-corrected chi connectivity index (χ2v) is 28.5. The van der Waals surface area contributed by atoms with E-state index in [1.165, 1.54) is 79.2 Å². The van der Waals surface area contributed by atoms with Crippen LogP contribution in [-0.4, -0.2) is 95.7 Å². The van der Waals surface area contributed by atoms with Crippen LogP contribution in [0.15, 0.2) is 66.7 Å². The molecule has 5 aromatic carbocycles. The maximum atomic E-state index is 13.6. The average molecular weight is 1590 g/mol. The molecule has 4 aliphatic heterocycles. The minimum absolute atomic E-state index is 0.0194. The predicted molar refractivity (Wildman–Crippen MR) is 362 cm³/mol. The molecule has 0 saturated carbocycles. The fraction of sp³-hybridized carbons (Fsp3) is 0.506. The van der Waals surface area contributed by atoms with Gasteiger partial charge in [-0.05, 0) is 88.6 Å². The van der Waals surface area contributed by atoms with Crippen molar-refractivity contribution in [1.29, 1.82) is 0 Å². The maximum Gasteiger partial charge on any atom is 0.425 e. The Morgan fingerprint density at radius 2 is 1.00 bits per heavy atom. The van der Waals surface area contributed by atoms with Crippen LogP contribution < -0.4 is 9.64 Å². The predicted octanol–water partition coefficient (Wildman–Crippen LogP) is 18.1. The van der Waals surface area contributed by atoms with Crippen LogP contribution in [0.2, 0.25) is 0 Å². The lowest BCUT2D eigenvalue weighted by Gasteiger charge is -2.37. The molecule has 1 N–H and O–H groups in total. The molecule has 4 amide bonds. The van der Waals surface area contributed by atoms with Crippen molar-refractivity contribution in [3.8, 4) is 5.75 Å². The summed E-state index contributed by atoms with van der Waals surface area (Å²) in [5, 5.41) is 10.1. The van der Waals surface area contributed by atoms with Crippen molar-refractivity contribution in [2.45, 2.75) is 191 Å². The van der Waals surface area contributed by atoms with Crippen LogP contribution in [-0.2, 0) is 64.3 Å². The zero-order chi connectivity index (χ0) is 84.8. The highest BCUT2D eigenvalue weighted by Gasteiger charge is 2.62. The van der Waals surface area contributed by atoms with E-state index < -0.39 is 188 Å². The number of imide groups is 2. The molecule has 14 atom stereocenters. The number of halogens is 18. The Morgan fingerprint density at radius 1 is 0.573 bits per heavy atom. The second kappa shape index (κ2) is 36.0. The zero-order valence-corrected chi connectivity index (χ0v) is 63.4. The highest BCUT2D eigenvalue weighted by molar-refractivity contribution is 6.22. The Kier molecular flexibility index (Phi) is 30.5. The van der Waals surface area contributed by atoms with Crippen molar-refractivity contribution in [2.75, 3.05) is 19.1 Å². The number of carbonyl (C=O) groups is 8. The van der Waals surface area contributed by atoms with Gasteiger partial charge >= 0.3 is 42.4 Å². The number of hydrogen-bond acceptors (Lipinski definition) is 13. The molecular formula is C77H86F18N2O13. The molecule has 14 unspecified atom stereocenters. The number of cyclic esters (lactones) is 1. The Labute approximate surface area is 623 Å². The highest BCUT2D eigenvalue weighted by Crippen LogP contribution is 2.54. The number of hydrogen-bond donors (Lipinski definition) is 1. The third kappa shape index (κ3) is 20.7. The summed E-state index contributed by atoms with van der Waals surface area (Å²) >= 11 is 0. The minimum atomic E-state index is -4.82. The number of alkyl halides is 9. The minimum Gasteiger partial charge on any atom is -0.469 e. The van der Waals surface area contributed by atoms with Crippen LogP contribution in [0.25, 0.3) is 0 Å². The van der Waals surface area contributed by atoms with E-state index in [0.717, 1.165) is 30.2 Å². The number of ether oxygens (including phenoxy) is 4. The lowest BCUT2D eigenvalue weighted by atomic mass is 9.72. The molecule has 608 valence electrons. The molecule has 0 aliphatic carbocycles. The molecule has 9 rings (SSSR count). The number of nitrogens with zero attached hydrogens (tertiary/aromatic N) is 2. The summed E-state index contributed by atoms with van der Waals surface area (Å²) in [6.07, 6.45) is -16.5. The number of benzene rings is 5. The number of amides is 4. The van der Waals surface area contributed by atoms with Gasteiger partial charge < -0.3 is 24.1 Å². The lowest BCUT2D eigenvalue weighted by Crippen LogP contribution is -2.48. The Balaban J connectivity index is 0.000000284. The Morgan fingerprint density at radius 3 is 1.42 bits per heavy atom. The molecule has 3 fully saturated rings. The molecule has 3 saturated heterocycles. The standard InChI is InChI=1S/C19H25F3O3.C16H18F6O2.C12H8F5NO2.C12H16O2.C11H8F4O2.C7H11NO2/c1-6-16(4)10-18(25-15(16)23,11-17(5,24)19(20,21)22)14-8-12(2)7-13(3)9-14;1-8-5-12(7-13(6-8)16(20,21)22)9(2)10(3)14(23)24-11(4)15(17,18)19;1-3-4(2)12(20)18(11(3)19)10-8(16)6(14)5(13)7(15)9(10)17;1-9(10(2)12(13)14-3)11-7-5-4-6-8-11;1-3-4(2)11(16)17-10-5(3)6(12)7(13)8(14)9(10)15;1-4-5(2)7(10)8(3)6(4)9/h7-9,24H,6,10-11H2,1-5H3;5-7,9-11H,1-4H3;3-4H,1-2H3;4-10H,1-3H3;3-4H,1-2H3;4-5H,1-3H3. The van der Waals surface area contributed by atoms with Gasteiger partial charge in [-0.15, -0.1) is 0 Å². The SMILES string of the molecule is CC1C(=O)N(C)C(=O)C1C.CC1C(=O)N(c2c(F)c(F)c(F)c(F)c2F)C(=O)C1C.CC1C(=O)Oc2c(F)c(F)c(F)c(F)c2C1C.CCC1(C)CC(CC(C)(O)C(F)(F)F)(c2cc(C)cc(C)c2)OC1=O.COC(=O)C(C)C(C)c1ccccc1.Cc1cc(C(C)C(C)C(=O)OC(C)C(F)(F)F)cc(C(F)(F)F)c1. The number of carbonyl (C=O) groups excluding carboxylic acids is 8. The maximum absolute atomic E-state index is 13.6. The zero-order valence-electron chi connectivity index (χ0n) is 63.4. The van der Waals surface area contributed by atoms with Crippen LogP contribution in [0.4, 0.5) is 84.7 Å². The largest absolute Gasteiger partial charge is 0.469 e. The summed E-state index contributed by atoms with van der Waals surface area (Å²) in [7, 11) is 2.96. The number of esters is 4. The number of methoxy groups -OCH3 is 1. The molecule has 110 heavy (non-hydrogen) atoms. The third-order valence-electron chi connectivity index (χ3n) is 20.3. The first-order valence-corrected chi connectivity index (χ1v) is 34.2. The second-order valence-electron chi connectivity index (χ2n) is 28.5. The van der Waals surface area contributed by atoms with Gasteiger partial charge in [-0.1, -0.05) is 147 Å². The van der Waals surface area contributed by atoms with E-state index in [1.807, 2.05) is 64.1 Å². The summed E-state index contributed by atoms with van der Waals surface area (Å²) in [6.45, 7) is 25.9. The van der Waals surface area contributed by atoms with E-state index in [2.05, 4.69) is 9.47 Å². The fourth-order valence-corrected chi connectivity index (χ4v) is 12.0. The van der Waals surface area contributed by atoms with E-state index in [0.29, 0.717) is 24.5 Å². The molecule has 33 heteroatoms. The third-order valence-corrected chi connectivity index (χ3v) is 20.3. The van der Waals surface area contributed by atoms with Crippen molar-refractivity contribution in [3.05, 3.63) is 164 Å². The van der Waals surface area contributed by atoms with E-state index in [-0.39, 0.29) is 58.3 Å². The van der Waals surface area contributed by atoms with Gasteiger partial charge in [-0.25, -0.2) is 40.0 Å². The van der Waals surface area contributed by atoms with E-state index in [4.69, 9.17) is 9.47 Å². The highest BCUT2D eigenvalue weighted by atomic mass is 19.4. The number of anilines is 1. The number of aliphatic hydroxyl groups is 1.